The standard InChI is InChI=1S/C20H17N3O6/c1-12-17(22-19(28-12)14-8-4-3-5-9-14)20(25)29-13(2)18(24)21-15-10-6-7-11-16(15)23(26)27/h3-11,13H,1-2H3,(H,21,24)/t13-/m1/s1. The van der Waals surface area contributed by atoms with E-state index in [4.69, 9.17) is 9.15 Å². The van der Waals surface area contributed by atoms with E-state index in [1.54, 1.807) is 25.1 Å². The van der Waals surface area contributed by atoms with Crippen molar-refractivity contribution >= 4 is 23.3 Å². The molecular formula is C20H17N3O6. The molecule has 0 saturated carbocycles. The maximum Gasteiger partial charge on any atom is 0.361 e. The summed E-state index contributed by atoms with van der Waals surface area (Å²) in [6, 6.07) is 14.7. The maximum absolute atomic E-state index is 12.4. The number of hydrogen-bond donors (Lipinski definition) is 1. The largest absolute Gasteiger partial charge is 0.448 e. The quantitative estimate of drug-likeness (QED) is 0.383. The molecule has 1 heterocycles. The maximum atomic E-state index is 12.4. The van der Waals surface area contributed by atoms with Crippen LogP contribution in [-0.2, 0) is 9.53 Å². The number of nitro groups is 1. The molecular weight excluding hydrogens is 378 g/mol. The first-order chi connectivity index (χ1) is 13.9. The summed E-state index contributed by atoms with van der Waals surface area (Å²) in [7, 11) is 0. The van der Waals surface area contributed by atoms with E-state index in [0.29, 0.717) is 5.56 Å². The lowest BCUT2D eigenvalue weighted by Gasteiger charge is -2.13. The molecule has 0 saturated heterocycles. The minimum absolute atomic E-state index is 0.00868. The van der Waals surface area contributed by atoms with E-state index in [-0.39, 0.29) is 28.7 Å². The Labute approximate surface area is 165 Å². The molecule has 3 aromatic rings. The number of carbonyl (C=O) groups excluding carboxylic acids is 2. The highest BCUT2D eigenvalue weighted by molar-refractivity contribution is 5.98. The van der Waals surface area contributed by atoms with Crippen LogP contribution in [0.5, 0.6) is 0 Å². The van der Waals surface area contributed by atoms with Gasteiger partial charge in [-0.15, -0.1) is 0 Å². The van der Waals surface area contributed by atoms with Crippen LogP contribution in [0.15, 0.2) is 59.0 Å². The number of anilines is 1. The molecule has 9 nitrogen and oxygen atoms in total. The van der Waals surface area contributed by atoms with Gasteiger partial charge in [0.25, 0.3) is 11.6 Å². The molecule has 0 aliphatic carbocycles. The van der Waals surface area contributed by atoms with E-state index in [0.717, 1.165) is 0 Å². The third kappa shape index (κ3) is 4.46. The van der Waals surface area contributed by atoms with E-state index in [9.17, 15) is 19.7 Å². The fraction of sp³-hybridized carbons (Fsp3) is 0.150. The molecule has 1 N–H and O–H groups in total. The number of aromatic nitrogens is 1. The van der Waals surface area contributed by atoms with Crippen molar-refractivity contribution in [3.63, 3.8) is 0 Å². The first-order valence-corrected chi connectivity index (χ1v) is 8.65. The van der Waals surface area contributed by atoms with E-state index in [1.165, 1.54) is 25.1 Å². The second-order valence-corrected chi connectivity index (χ2v) is 6.10. The van der Waals surface area contributed by atoms with Crippen molar-refractivity contribution in [3.05, 3.63) is 76.2 Å². The van der Waals surface area contributed by atoms with Gasteiger partial charge in [0, 0.05) is 11.6 Å². The Kier molecular flexibility index (Phi) is 5.68. The van der Waals surface area contributed by atoms with Gasteiger partial charge in [-0.2, -0.15) is 0 Å². The zero-order chi connectivity index (χ0) is 21.0. The van der Waals surface area contributed by atoms with Gasteiger partial charge in [-0.05, 0) is 32.0 Å². The normalized spacial score (nSPS) is 11.5. The third-order valence-electron chi connectivity index (χ3n) is 4.02. The number of amides is 1. The number of nitrogens with zero attached hydrogens (tertiary/aromatic N) is 2. The van der Waals surface area contributed by atoms with Crippen molar-refractivity contribution in [1.82, 2.24) is 4.98 Å². The highest BCUT2D eigenvalue weighted by atomic mass is 16.6. The van der Waals surface area contributed by atoms with Gasteiger partial charge in [0.1, 0.15) is 11.4 Å². The Bertz CT molecular complexity index is 1060. The van der Waals surface area contributed by atoms with Gasteiger partial charge in [-0.25, -0.2) is 9.78 Å². The number of para-hydroxylation sites is 2. The summed E-state index contributed by atoms with van der Waals surface area (Å²) in [5.41, 5.74) is 0.389. The Balaban J connectivity index is 1.70. The van der Waals surface area contributed by atoms with Gasteiger partial charge in [0.2, 0.25) is 5.89 Å². The van der Waals surface area contributed by atoms with Crippen molar-refractivity contribution in [1.29, 1.82) is 0 Å². The number of nitro benzene ring substituents is 1. The van der Waals surface area contributed by atoms with Crippen molar-refractivity contribution in [2.24, 2.45) is 0 Å². The summed E-state index contributed by atoms with van der Waals surface area (Å²) >= 11 is 0. The zero-order valence-electron chi connectivity index (χ0n) is 15.6. The number of rotatable bonds is 6. The zero-order valence-corrected chi connectivity index (χ0v) is 15.6. The lowest BCUT2D eigenvalue weighted by Crippen LogP contribution is -2.30. The highest BCUT2D eigenvalue weighted by Crippen LogP contribution is 2.24. The van der Waals surface area contributed by atoms with Crippen LogP contribution in [0.3, 0.4) is 0 Å². The fourth-order valence-corrected chi connectivity index (χ4v) is 2.53. The van der Waals surface area contributed by atoms with Crippen LogP contribution in [-0.4, -0.2) is 27.9 Å². The molecule has 0 unspecified atom stereocenters. The molecule has 0 fully saturated rings. The van der Waals surface area contributed by atoms with E-state index in [1.807, 2.05) is 18.2 Å². The summed E-state index contributed by atoms with van der Waals surface area (Å²) in [6.07, 6.45) is -1.21. The van der Waals surface area contributed by atoms with Crippen LogP contribution in [0.1, 0.15) is 23.2 Å². The molecule has 1 atom stereocenters. The number of nitrogens with one attached hydrogen (secondary N) is 1. The summed E-state index contributed by atoms with van der Waals surface area (Å²) in [6.45, 7) is 2.92. The molecule has 148 valence electrons. The first kappa shape index (κ1) is 19.7. The number of hydrogen-bond acceptors (Lipinski definition) is 7. The number of esters is 1. The third-order valence-corrected chi connectivity index (χ3v) is 4.02. The number of benzene rings is 2. The summed E-state index contributed by atoms with van der Waals surface area (Å²) < 4.78 is 10.7. The number of aryl methyl sites for hydroxylation is 1. The number of carbonyl (C=O) groups is 2. The minimum atomic E-state index is -1.21. The van der Waals surface area contributed by atoms with Gasteiger partial charge < -0.3 is 14.5 Å². The molecule has 1 aromatic heterocycles. The SMILES string of the molecule is Cc1oc(-c2ccccc2)nc1C(=O)O[C@H](C)C(=O)Nc1ccccc1[N+](=O)[O-]. The van der Waals surface area contributed by atoms with Crippen LogP contribution >= 0.6 is 0 Å². The van der Waals surface area contributed by atoms with E-state index < -0.39 is 22.9 Å². The smallest absolute Gasteiger partial charge is 0.361 e. The first-order valence-electron chi connectivity index (χ1n) is 8.65. The van der Waals surface area contributed by atoms with Gasteiger partial charge in [0.15, 0.2) is 11.8 Å². The van der Waals surface area contributed by atoms with Gasteiger partial charge in [0.05, 0.1) is 4.92 Å². The van der Waals surface area contributed by atoms with Gasteiger partial charge in [-0.1, -0.05) is 30.3 Å². The molecule has 2 aromatic carbocycles. The molecule has 0 spiro atoms. The van der Waals surface area contributed by atoms with Crippen LogP contribution in [0, 0.1) is 17.0 Å². The Morgan fingerprint density at radius 1 is 1.14 bits per heavy atom. The Morgan fingerprint density at radius 2 is 1.79 bits per heavy atom. The monoisotopic (exact) mass is 395 g/mol. The molecule has 0 bridgehead atoms. The Hall–Kier alpha value is -4.01. The summed E-state index contributed by atoms with van der Waals surface area (Å²) in [5, 5.41) is 13.4. The van der Waals surface area contributed by atoms with Gasteiger partial charge in [-0.3, -0.25) is 14.9 Å². The predicted octanol–water partition coefficient (Wildman–Crippen LogP) is 3.74. The molecule has 0 aliphatic rings. The van der Waals surface area contributed by atoms with E-state index in [2.05, 4.69) is 10.3 Å². The van der Waals surface area contributed by atoms with Crippen LogP contribution in [0.4, 0.5) is 11.4 Å². The number of ether oxygens (including phenoxy) is 1. The molecule has 3 rings (SSSR count). The van der Waals surface area contributed by atoms with E-state index >= 15 is 0 Å². The second kappa shape index (κ2) is 8.34. The molecule has 0 radical (unpaired) electrons. The fourth-order valence-electron chi connectivity index (χ4n) is 2.53. The molecule has 1 amide bonds. The lowest BCUT2D eigenvalue weighted by molar-refractivity contribution is -0.383. The second-order valence-electron chi connectivity index (χ2n) is 6.10. The summed E-state index contributed by atoms with van der Waals surface area (Å²) in [4.78, 5) is 39.3. The van der Waals surface area contributed by atoms with Crippen molar-refractivity contribution in [3.8, 4) is 11.5 Å². The van der Waals surface area contributed by atoms with Gasteiger partial charge >= 0.3 is 5.97 Å². The molecule has 9 heteroatoms. The lowest BCUT2D eigenvalue weighted by atomic mass is 10.2. The average Bonchev–Trinajstić information content (AvgIpc) is 3.10. The molecule has 0 aliphatic heterocycles. The van der Waals surface area contributed by atoms with Crippen LogP contribution < -0.4 is 5.32 Å². The topological polar surface area (TPSA) is 125 Å². The average molecular weight is 395 g/mol. The number of oxazole rings is 1. The molecule has 29 heavy (non-hydrogen) atoms. The van der Waals surface area contributed by atoms with Crippen LogP contribution in [0.25, 0.3) is 11.5 Å². The Morgan fingerprint density at radius 3 is 2.48 bits per heavy atom. The van der Waals surface area contributed by atoms with Crippen molar-refractivity contribution in [2.75, 3.05) is 5.32 Å². The minimum Gasteiger partial charge on any atom is -0.448 e. The highest BCUT2D eigenvalue weighted by Gasteiger charge is 2.25. The van der Waals surface area contributed by atoms with Crippen LogP contribution in [0.2, 0.25) is 0 Å². The van der Waals surface area contributed by atoms with Crippen molar-refractivity contribution in [2.45, 2.75) is 20.0 Å². The predicted molar refractivity (Wildman–Crippen MR) is 103 cm³/mol. The summed E-state index contributed by atoms with van der Waals surface area (Å²) in [5.74, 6) is -1.04. The van der Waals surface area contributed by atoms with Crippen molar-refractivity contribution < 1.29 is 23.7 Å².